The van der Waals surface area contributed by atoms with Crippen molar-refractivity contribution in [2.45, 2.75) is 25.5 Å². The predicted octanol–water partition coefficient (Wildman–Crippen LogP) is 2.47. The van der Waals surface area contributed by atoms with Gasteiger partial charge in [-0.05, 0) is 55.6 Å². The second kappa shape index (κ2) is 7.03. The Kier molecular flexibility index (Phi) is 4.85. The monoisotopic (exact) mass is 303 g/mol. The van der Waals surface area contributed by atoms with E-state index >= 15 is 0 Å². The maximum Gasteiger partial charge on any atom is 0.123 e. The quantitative estimate of drug-likeness (QED) is 0.922. The van der Waals surface area contributed by atoms with Gasteiger partial charge in [-0.15, -0.1) is 0 Å². The smallest absolute Gasteiger partial charge is 0.123 e. The third kappa shape index (κ3) is 3.93. The highest BCUT2D eigenvalue weighted by molar-refractivity contribution is 5.19. The molecule has 0 unspecified atom stereocenters. The molecule has 3 rings (SSSR count). The molecule has 22 heavy (non-hydrogen) atoms. The van der Waals surface area contributed by atoms with Crippen LogP contribution in [0, 0.1) is 11.7 Å². The van der Waals surface area contributed by atoms with Crippen molar-refractivity contribution in [3.63, 3.8) is 0 Å². The third-order valence-corrected chi connectivity index (χ3v) is 4.38. The lowest BCUT2D eigenvalue weighted by Crippen LogP contribution is -2.37. The molecule has 1 saturated heterocycles. The Bertz CT molecular complexity index is 579. The van der Waals surface area contributed by atoms with Crippen molar-refractivity contribution in [1.82, 2.24) is 14.7 Å². The Balaban J connectivity index is 1.47. The summed E-state index contributed by atoms with van der Waals surface area (Å²) in [4.78, 5) is 2.26. The van der Waals surface area contributed by atoms with Crippen LogP contribution < -0.4 is 0 Å². The van der Waals surface area contributed by atoms with E-state index in [1.54, 1.807) is 12.1 Å². The summed E-state index contributed by atoms with van der Waals surface area (Å²) in [5.41, 5.74) is 0.652. The second-order valence-corrected chi connectivity index (χ2v) is 6.04. The molecule has 2 heterocycles. The molecule has 1 fully saturated rings. The van der Waals surface area contributed by atoms with Crippen molar-refractivity contribution in [2.75, 3.05) is 19.6 Å². The molecular formula is C17H22FN3O. The van der Waals surface area contributed by atoms with Gasteiger partial charge in [-0.25, -0.2) is 4.39 Å². The number of benzene rings is 1. The van der Waals surface area contributed by atoms with Gasteiger partial charge in [-0.1, -0.05) is 12.1 Å². The summed E-state index contributed by atoms with van der Waals surface area (Å²) in [6, 6.07) is 8.18. The lowest BCUT2D eigenvalue weighted by Gasteiger charge is -2.33. The molecule has 1 aromatic heterocycles. The molecule has 0 saturated carbocycles. The summed E-state index contributed by atoms with van der Waals surface area (Å²) in [5, 5.41) is 14.5. The van der Waals surface area contributed by atoms with Gasteiger partial charge in [-0.3, -0.25) is 4.68 Å². The summed E-state index contributed by atoms with van der Waals surface area (Å²) in [5.74, 6) is 0.344. The first kappa shape index (κ1) is 15.2. The van der Waals surface area contributed by atoms with Gasteiger partial charge in [-0.2, -0.15) is 5.10 Å². The first-order valence-corrected chi connectivity index (χ1v) is 7.84. The molecule has 1 atom stereocenters. The van der Waals surface area contributed by atoms with Crippen LogP contribution in [-0.4, -0.2) is 39.4 Å². The fourth-order valence-electron chi connectivity index (χ4n) is 3.09. The molecular weight excluding hydrogens is 281 g/mol. The van der Waals surface area contributed by atoms with Crippen LogP contribution in [0.1, 0.15) is 24.5 Å². The van der Waals surface area contributed by atoms with E-state index in [9.17, 15) is 9.50 Å². The van der Waals surface area contributed by atoms with Crippen LogP contribution in [0.4, 0.5) is 4.39 Å². The highest BCUT2D eigenvalue weighted by atomic mass is 19.1. The normalized spacial score (nSPS) is 18.5. The first-order valence-electron chi connectivity index (χ1n) is 7.84. The molecule has 1 aliphatic rings. The molecule has 1 aliphatic heterocycles. The van der Waals surface area contributed by atoms with E-state index < -0.39 is 6.10 Å². The van der Waals surface area contributed by atoms with Gasteiger partial charge in [0, 0.05) is 25.5 Å². The summed E-state index contributed by atoms with van der Waals surface area (Å²) < 4.78 is 15.2. The molecule has 2 aromatic rings. The van der Waals surface area contributed by atoms with E-state index in [-0.39, 0.29) is 5.82 Å². The SMILES string of the molecule is O[C@H](CN1CCC(Cn2cccn2)CC1)c1cccc(F)c1. The number of aromatic nitrogens is 2. The number of rotatable bonds is 5. The van der Waals surface area contributed by atoms with Crippen LogP contribution in [0.2, 0.25) is 0 Å². The van der Waals surface area contributed by atoms with Crippen LogP contribution in [0.25, 0.3) is 0 Å². The summed E-state index contributed by atoms with van der Waals surface area (Å²) in [7, 11) is 0. The standard InChI is InChI=1S/C17H22FN3O/c18-16-4-1-3-15(11-16)17(22)13-20-9-5-14(6-10-20)12-21-8-2-7-19-21/h1-4,7-8,11,14,17,22H,5-6,9-10,12-13H2/t17-/m1/s1. The number of hydrogen-bond acceptors (Lipinski definition) is 3. The van der Waals surface area contributed by atoms with Crippen molar-refractivity contribution in [2.24, 2.45) is 5.92 Å². The van der Waals surface area contributed by atoms with Gasteiger partial charge in [0.05, 0.1) is 6.10 Å². The molecule has 118 valence electrons. The van der Waals surface area contributed by atoms with Crippen molar-refractivity contribution < 1.29 is 9.50 Å². The van der Waals surface area contributed by atoms with Crippen LogP contribution in [-0.2, 0) is 6.54 Å². The molecule has 4 nitrogen and oxygen atoms in total. The molecule has 5 heteroatoms. The minimum Gasteiger partial charge on any atom is -0.387 e. The van der Waals surface area contributed by atoms with E-state index in [1.165, 1.54) is 12.1 Å². The Morgan fingerprint density at radius 3 is 2.77 bits per heavy atom. The maximum atomic E-state index is 13.2. The number of likely N-dealkylation sites (tertiary alicyclic amines) is 1. The zero-order chi connectivity index (χ0) is 15.4. The van der Waals surface area contributed by atoms with Crippen molar-refractivity contribution in [1.29, 1.82) is 0 Å². The predicted molar refractivity (Wildman–Crippen MR) is 82.8 cm³/mol. The molecule has 1 N–H and O–H groups in total. The third-order valence-electron chi connectivity index (χ3n) is 4.38. The molecule has 1 aromatic carbocycles. The molecule has 0 aliphatic carbocycles. The largest absolute Gasteiger partial charge is 0.387 e. The highest BCUT2D eigenvalue weighted by Gasteiger charge is 2.22. The average Bonchev–Trinajstić information content (AvgIpc) is 3.02. The Morgan fingerprint density at radius 1 is 1.27 bits per heavy atom. The average molecular weight is 303 g/mol. The zero-order valence-corrected chi connectivity index (χ0v) is 12.6. The van der Waals surface area contributed by atoms with Crippen molar-refractivity contribution in [3.05, 3.63) is 54.1 Å². The van der Waals surface area contributed by atoms with Gasteiger partial charge in [0.1, 0.15) is 5.82 Å². The minimum atomic E-state index is -0.627. The lowest BCUT2D eigenvalue weighted by molar-refractivity contribution is 0.0858. The molecule has 0 bridgehead atoms. The van der Waals surface area contributed by atoms with Crippen LogP contribution >= 0.6 is 0 Å². The number of halogens is 1. The molecule has 0 amide bonds. The van der Waals surface area contributed by atoms with Gasteiger partial charge in [0.15, 0.2) is 0 Å². The first-order chi connectivity index (χ1) is 10.7. The fourth-order valence-corrected chi connectivity index (χ4v) is 3.09. The Hall–Kier alpha value is -1.72. The number of piperidine rings is 1. The van der Waals surface area contributed by atoms with E-state index in [0.29, 0.717) is 18.0 Å². The number of hydrogen-bond donors (Lipinski definition) is 1. The number of β-amino-alcohol motifs (C(OH)–C–C–N with tert-alkyl or cyclic N) is 1. The summed E-state index contributed by atoms with van der Waals surface area (Å²) >= 11 is 0. The molecule has 0 radical (unpaired) electrons. The Labute approximate surface area is 130 Å². The van der Waals surface area contributed by atoms with Crippen LogP contribution in [0.3, 0.4) is 0 Å². The van der Waals surface area contributed by atoms with E-state index in [1.807, 2.05) is 23.1 Å². The van der Waals surface area contributed by atoms with Gasteiger partial charge >= 0.3 is 0 Å². The van der Waals surface area contributed by atoms with Crippen LogP contribution in [0.15, 0.2) is 42.7 Å². The van der Waals surface area contributed by atoms with Crippen LogP contribution in [0.5, 0.6) is 0 Å². The number of aliphatic hydroxyl groups excluding tert-OH is 1. The highest BCUT2D eigenvalue weighted by Crippen LogP contribution is 2.22. The number of aliphatic hydroxyl groups is 1. The zero-order valence-electron chi connectivity index (χ0n) is 12.6. The maximum absolute atomic E-state index is 13.2. The van der Waals surface area contributed by atoms with Crippen molar-refractivity contribution >= 4 is 0 Å². The van der Waals surface area contributed by atoms with Gasteiger partial charge < -0.3 is 10.0 Å². The number of nitrogens with zero attached hydrogens (tertiary/aromatic N) is 3. The summed E-state index contributed by atoms with van der Waals surface area (Å²) in [6.07, 6.45) is 5.40. The minimum absolute atomic E-state index is 0.297. The van der Waals surface area contributed by atoms with Gasteiger partial charge in [0.25, 0.3) is 0 Å². The lowest BCUT2D eigenvalue weighted by atomic mass is 9.96. The van der Waals surface area contributed by atoms with E-state index in [0.717, 1.165) is 32.5 Å². The van der Waals surface area contributed by atoms with E-state index in [4.69, 9.17) is 0 Å². The summed E-state index contributed by atoms with van der Waals surface area (Å²) in [6.45, 7) is 3.47. The topological polar surface area (TPSA) is 41.3 Å². The van der Waals surface area contributed by atoms with E-state index in [2.05, 4.69) is 10.00 Å². The second-order valence-electron chi connectivity index (χ2n) is 6.04. The van der Waals surface area contributed by atoms with Crippen molar-refractivity contribution in [3.8, 4) is 0 Å². The Morgan fingerprint density at radius 2 is 2.09 bits per heavy atom. The van der Waals surface area contributed by atoms with Gasteiger partial charge in [0.2, 0.25) is 0 Å². The molecule has 0 spiro atoms. The fraction of sp³-hybridized carbons (Fsp3) is 0.471.